The minimum atomic E-state index is -4.41. The number of nitrogens with zero attached hydrogens (tertiary/aromatic N) is 2. The van der Waals surface area contributed by atoms with E-state index in [1.54, 1.807) is 6.92 Å². The number of aliphatic hydroxyl groups is 1. The van der Waals surface area contributed by atoms with E-state index in [1.165, 1.54) is 11.3 Å². The molecule has 2 aromatic heterocycles. The van der Waals surface area contributed by atoms with Gasteiger partial charge in [0.05, 0.1) is 11.6 Å². The summed E-state index contributed by atoms with van der Waals surface area (Å²) < 4.78 is 37.7. The third-order valence-corrected chi connectivity index (χ3v) is 5.45. The maximum atomic E-state index is 12.6. The fourth-order valence-corrected chi connectivity index (χ4v) is 3.67. The van der Waals surface area contributed by atoms with E-state index < -0.39 is 17.5 Å². The maximum Gasteiger partial charge on any atom is 0.434 e. The number of nitrogens with one attached hydrogen (secondary N) is 2. The molecule has 3 N–H and O–H groups in total. The number of alkyl halides is 3. The first-order chi connectivity index (χ1) is 12.2. The zero-order chi connectivity index (χ0) is 19.2. The molecule has 0 fully saturated rings. The molecule has 2 heterocycles. The van der Waals surface area contributed by atoms with Crippen LogP contribution in [0, 0.1) is 0 Å². The zero-order valence-electron chi connectivity index (χ0n) is 14.8. The lowest BCUT2D eigenvalue weighted by Gasteiger charge is -2.20. The van der Waals surface area contributed by atoms with E-state index in [2.05, 4.69) is 20.6 Å². The van der Waals surface area contributed by atoms with Gasteiger partial charge in [-0.25, -0.2) is 9.98 Å². The monoisotopic (exact) mass is 534 g/mol. The topological polar surface area (TPSA) is 69.5 Å². The molecule has 2 aromatic rings. The highest BCUT2D eigenvalue weighted by Gasteiger charge is 2.33. The van der Waals surface area contributed by atoms with Crippen LogP contribution in [0.1, 0.15) is 29.4 Å². The number of aromatic nitrogens is 1. The molecule has 0 radical (unpaired) electrons. The van der Waals surface area contributed by atoms with Crippen molar-refractivity contribution in [3.8, 4) is 0 Å². The second-order valence-electron chi connectivity index (χ2n) is 5.75. The highest BCUT2D eigenvalue weighted by Crippen LogP contribution is 2.30. The van der Waals surface area contributed by atoms with E-state index in [4.69, 9.17) is 0 Å². The van der Waals surface area contributed by atoms with Gasteiger partial charge < -0.3 is 15.7 Å². The maximum absolute atomic E-state index is 12.6. The van der Waals surface area contributed by atoms with Crippen LogP contribution in [0.5, 0.6) is 0 Å². The zero-order valence-corrected chi connectivity index (χ0v) is 18.8. The van der Waals surface area contributed by atoms with Gasteiger partial charge in [-0.1, -0.05) is 6.07 Å². The predicted molar refractivity (Wildman–Crippen MR) is 114 cm³/mol. The van der Waals surface area contributed by atoms with Gasteiger partial charge in [0.15, 0.2) is 11.7 Å². The molecule has 0 amide bonds. The van der Waals surface area contributed by atoms with Crippen molar-refractivity contribution >= 4 is 52.6 Å². The Bertz CT molecular complexity index is 718. The largest absolute Gasteiger partial charge is 0.434 e. The lowest BCUT2D eigenvalue weighted by Crippen LogP contribution is -2.39. The summed E-state index contributed by atoms with van der Waals surface area (Å²) in [6.45, 7) is 4.78. The van der Waals surface area contributed by atoms with E-state index in [-0.39, 0.29) is 30.5 Å². The van der Waals surface area contributed by atoms with Gasteiger partial charge in [-0.05, 0) is 25.3 Å². The Kier molecular flexibility index (Phi) is 9.45. The minimum absolute atomic E-state index is 0. The van der Waals surface area contributed by atoms with Gasteiger partial charge >= 0.3 is 6.18 Å². The Labute approximate surface area is 181 Å². The Balaban J connectivity index is 0.00000364. The minimum Gasteiger partial charge on any atom is -0.383 e. The average Bonchev–Trinajstić information content (AvgIpc) is 3.24. The molecule has 0 aromatic carbocycles. The van der Waals surface area contributed by atoms with Crippen LogP contribution in [0.25, 0.3) is 0 Å². The number of halogens is 4. The van der Waals surface area contributed by atoms with Gasteiger partial charge in [-0.3, -0.25) is 0 Å². The normalized spacial score (nSPS) is 14.4. The second-order valence-corrected chi connectivity index (χ2v) is 7.64. The van der Waals surface area contributed by atoms with Crippen LogP contribution in [-0.4, -0.2) is 35.7 Å². The summed E-state index contributed by atoms with van der Waals surface area (Å²) in [6, 6.07) is 3.71. The average molecular weight is 534 g/mol. The fraction of sp³-hybridized carbons (Fsp3) is 0.500. The van der Waals surface area contributed by atoms with Crippen LogP contribution in [0.4, 0.5) is 13.2 Å². The van der Waals surface area contributed by atoms with Crippen molar-refractivity contribution in [2.75, 3.05) is 19.6 Å². The summed E-state index contributed by atoms with van der Waals surface area (Å²) in [6.07, 6.45) is -4.06. The molecule has 0 spiro atoms. The van der Waals surface area contributed by atoms with Crippen LogP contribution in [-0.2, 0) is 18.2 Å². The quantitative estimate of drug-likeness (QED) is 0.287. The second kappa shape index (κ2) is 10.6. The highest BCUT2D eigenvalue weighted by molar-refractivity contribution is 14.0. The van der Waals surface area contributed by atoms with Crippen molar-refractivity contribution in [1.82, 2.24) is 15.6 Å². The van der Waals surface area contributed by atoms with Crippen molar-refractivity contribution in [3.63, 3.8) is 0 Å². The van der Waals surface area contributed by atoms with Gasteiger partial charge in [0.2, 0.25) is 0 Å². The molecule has 0 aliphatic carbocycles. The lowest BCUT2D eigenvalue weighted by molar-refractivity contribution is -0.140. The van der Waals surface area contributed by atoms with Crippen molar-refractivity contribution < 1.29 is 18.3 Å². The molecular formula is C16H22F3IN4OS2. The first-order valence-corrected chi connectivity index (χ1v) is 9.78. The smallest absolute Gasteiger partial charge is 0.383 e. The molecule has 0 aliphatic heterocycles. The lowest BCUT2D eigenvalue weighted by atomic mass is 10.1. The van der Waals surface area contributed by atoms with Gasteiger partial charge in [0.25, 0.3) is 0 Å². The summed E-state index contributed by atoms with van der Waals surface area (Å²) in [5, 5.41) is 19.9. The molecule has 152 valence electrons. The van der Waals surface area contributed by atoms with Crippen molar-refractivity contribution in [2.45, 2.75) is 32.0 Å². The van der Waals surface area contributed by atoms with Crippen LogP contribution in [0.2, 0.25) is 0 Å². The Morgan fingerprint density at radius 1 is 1.30 bits per heavy atom. The Morgan fingerprint density at radius 2 is 2.04 bits per heavy atom. The molecule has 5 nitrogen and oxygen atoms in total. The fourth-order valence-electron chi connectivity index (χ4n) is 2.08. The van der Waals surface area contributed by atoms with Gasteiger partial charge in [-0.2, -0.15) is 13.2 Å². The molecule has 11 heteroatoms. The standard InChI is InChI=1S/C16H21F3N4OS2.HI/c1-3-20-14(22-10-15(2,24)12-5-4-8-25-12)21-7-6-13-23-11(9-26-13)16(17,18)19;/h4-5,8-9,24H,3,6-7,10H2,1-2H3,(H2,20,21,22);1H. The molecule has 1 unspecified atom stereocenters. The number of hydrogen-bond acceptors (Lipinski definition) is 5. The number of rotatable bonds is 7. The Hall–Kier alpha value is -0.920. The van der Waals surface area contributed by atoms with E-state index in [0.29, 0.717) is 30.5 Å². The third kappa shape index (κ3) is 7.54. The summed E-state index contributed by atoms with van der Waals surface area (Å²) >= 11 is 2.44. The SMILES string of the molecule is CCNC(=NCC(C)(O)c1cccs1)NCCc1nc(C(F)(F)F)cs1.I. The number of hydrogen-bond donors (Lipinski definition) is 3. The van der Waals surface area contributed by atoms with E-state index in [9.17, 15) is 18.3 Å². The molecular weight excluding hydrogens is 512 g/mol. The summed E-state index contributed by atoms with van der Waals surface area (Å²) in [5.41, 5.74) is -1.93. The third-order valence-electron chi connectivity index (χ3n) is 3.41. The molecule has 0 saturated heterocycles. The van der Waals surface area contributed by atoms with Gasteiger partial charge in [0.1, 0.15) is 5.60 Å². The number of thiazole rings is 1. The Morgan fingerprint density at radius 3 is 2.59 bits per heavy atom. The molecule has 0 aliphatic rings. The summed E-state index contributed by atoms with van der Waals surface area (Å²) in [7, 11) is 0. The first kappa shape index (κ1) is 24.1. The van der Waals surface area contributed by atoms with Gasteiger partial charge in [-0.15, -0.1) is 46.7 Å². The molecule has 27 heavy (non-hydrogen) atoms. The van der Waals surface area contributed by atoms with Crippen molar-refractivity contribution in [2.24, 2.45) is 4.99 Å². The number of thiophene rings is 1. The van der Waals surface area contributed by atoms with Crippen molar-refractivity contribution in [1.29, 1.82) is 0 Å². The summed E-state index contributed by atoms with van der Waals surface area (Å²) in [5.74, 6) is 0.497. The van der Waals surface area contributed by atoms with Crippen LogP contribution >= 0.6 is 46.7 Å². The van der Waals surface area contributed by atoms with Crippen molar-refractivity contribution in [3.05, 3.63) is 38.5 Å². The highest BCUT2D eigenvalue weighted by atomic mass is 127. The van der Waals surface area contributed by atoms with Crippen LogP contribution < -0.4 is 10.6 Å². The van der Waals surface area contributed by atoms with Crippen LogP contribution in [0.15, 0.2) is 27.9 Å². The molecule has 0 bridgehead atoms. The van der Waals surface area contributed by atoms with E-state index in [1.807, 2.05) is 24.4 Å². The number of aliphatic imine (C=N–C) groups is 1. The van der Waals surface area contributed by atoms with Crippen LogP contribution in [0.3, 0.4) is 0 Å². The molecule has 0 saturated carbocycles. The van der Waals surface area contributed by atoms with E-state index >= 15 is 0 Å². The summed E-state index contributed by atoms with van der Waals surface area (Å²) in [4.78, 5) is 8.79. The van der Waals surface area contributed by atoms with Gasteiger partial charge in [0, 0.05) is 29.8 Å². The molecule has 2 rings (SSSR count). The first-order valence-electron chi connectivity index (χ1n) is 8.02. The molecule has 1 atom stereocenters. The van der Waals surface area contributed by atoms with E-state index in [0.717, 1.165) is 21.6 Å². The predicted octanol–water partition coefficient (Wildman–Crippen LogP) is 3.85. The number of guanidine groups is 1.